The van der Waals surface area contributed by atoms with Gasteiger partial charge in [-0.15, -0.1) is 0 Å². The van der Waals surface area contributed by atoms with Gasteiger partial charge in [-0.25, -0.2) is 4.98 Å². The number of rotatable bonds is 9. The van der Waals surface area contributed by atoms with E-state index in [4.69, 9.17) is 36.9 Å². The average molecular weight is 511 g/mol. The zero-order valence-corrected chi connectivity index (χ0v) is 20.3. The van der Waals surface area contributed by atoms with Crippen molar-refractivity contribution in [1.29, 1.82) is 0 Å². The Morgan fingerprint density at radius 3 is 2.70 bits per heavy atom. The first-order valence-electron chi connectivity index (χ1n) is 10.4. The van der Waals surface area contributed by atoms with E-state index in [1.54, 1.807) is 36.8 Å². The molecule has 176 valence electrons. The van der Waals surface area contributed by atoms with Crippen molar-refractivity contribution in [3.63, 3.8) is 0 Å². The summed E-state index contributed by atoms with van der Waals surface area (Å²) in [5.74, 6) is -0.981. The highest BCUT2D eigenvalue weighted by atomic mass is 35.5. The Kier molecular flexibility index (Phi) is 7.43. The summed E-state index contributed by atoms with van der Waals surface area (Å²) in [6.07, 6.45) is 5.70. The Hall–Kier alpha value is -1.94. The summed E-state index contributed by atoms with van der Waals surface area (Å²) >= 11 is 12.3. The fourth-order valence-corrected chi connectivity index (χ4v) is 5.08. The van der Waals surface area contributed by atoms with Crippen LogP contribution in [0.3, 0.4) is 0 Å². The predicted octanol–water partition coefficient (Wildman–Crippen LogP) is 4.65. The third kappa shape index (κ3) is 6.15. The molecule has 0 bridgehead atoms. The summed E-state index contributed by atoms with van der Waals surface area (Å²) in [4.78, 5) is 4.18. The van der Waals surface area contributed by atoms with Crippen LogP contribution in [0.15, 0.2) is 66.1 Å². The van der Waals surface area contributed by atoms with Crippen LogP contribution in [-0.4, -0.2) is 43.1 Å². The molecule has 0 N–H and O–H groups in total. The number of ether oxygens (including phenoxy) is 2. The van der Waals surface area contributed by atoms with Crippen LogP contribution in [0, 0.1) is 6.92 Å². The lowest BCUT2D eigenvalue weighted by Gasteiger charge is -2.29. The Balaban J connectivity index is 1.44. The molecule has 2 atom stereocenters. The maximum absolute atomic E-state index is 12.5. The zero-order valence-electron chi connectivity index (χ0n) is 18.0. The maximum Gasteiger partial charge on any atom is 0.297 e. The molecule has 0 aliphatic carbocycles. The number of imidazole rings is 1. The second-order valence-corrected chi connectivity index (χ2v) is 10.4. The van der Waals surface area contributed by atoms with E-state index >= 15 is 0 Å². The first-order chi connectivity index (χ1) is 15.7. The molecule has 0 radical (unpaired) electrons. The summed E-state index contributed by atoms with van der Waals surface area (Å²) in [6.45, 7) is 2.33. The third-order valence-corrected chi connectivity index (χ3v) is 7.29. The highest BCUT2D eigenvalue weighted by molar-refractivity contribution is 7.86. The maximum atomic E-state index is 12.5. The van der Waals surface area contributed by atoms with E-state index < -0.39 is 22.0 Å². The number of hydrogen-bond donors (Lipinski definition) is 0. The topological polar surface area (TPSA) is 79.7 Å². The van der Waals surface area contributed by atoms with Gasteiger partial charge in [-0.3, -0.25) is 4.18 Å². The molecule has 1 aliphatic rings. The summed E-state index contributed by atoms with van der Waals surface area (Å²) in [7, 11) is -3.90. The Bertz CT molecular complexity index is 1190. The Morgan fingerprint density at radius 2 is 2.00 bits per heavy atom. The molecule has 0 amide bonds. The van der Waals surface area contributed by atoms with Gasteiger partial charge in [0, 0.05) is 28.9 Å². The molecule has 0 saturated carbocycles. The molecule has 33 heavy (non-hydrogen) atoms. The number of hydrogen-bond acceptors (Lipinski definition) is 6. The molecule has 0 unspecified atom stereocenters. The summed E-state index contributed by atoms with van der Waals surface area (Å²) in [5.41, 5.74) is 1.88. The largest absolute Gasteiger partial charge is 0.345 e. The van der Waals surface area contributed by atoms with Gasteiger partial charge in [0.1, 0.15) is 6.10 Å². The lowest BCUT2D eigenvalue weighted by atomic mass is 10.0. The molecular weight excluding hydrogens is 487 g/mol. The van der Waals surface area contributed by atoms with Gasteiger partial charge in [0.15, 0.2) is 5.79 Å². The molecule has 3 aromatic rings. The first kappa shape index (κ1) is 24.2. The summed E-state index contributed by atoms with van der Waals surface area (Å²) < 4.78 is 44.5. The molecular formula is C23H24Cl2N2O5S. The number of halogens is 2. The minimum atomic E-state index is -3.90. The molecule has 1 fully saturated rings. The normalized spacial score (nSPS) is 20.9. The van der Waals surface area contributed by atoms with Gasteiger partial charge < -0.3 is 14.0 Å². The van der Waals surface area contributed by atoms with Crippen LogP contribution in [0.2, 0.25) is 10.0 Å². The van der Waals surface area contributed by atoms with Crippen LogP contribution < -0.4 is 0 Å². The molecule has 1 aromatic heterocycles. The van der Waals surface area contributed by atoms with Gasteiger partial charge >= 0.3 is 0 Å². The smallest absolute Gasteiger partial charge is 0.297 e. The summed E-state index contributed by atoms with van der Waals surface area (Å²) in [6, 6.07) is 11.9. The fourth-order valence-electron chi connectivity index (χ4n) is 3.64. The molecule has 10 heteroatoms. The third-order valence-electron chi connectivity index (χ3n) is 5.41. The number of aromatic nitrogens is 2. The van der Waals surface area contributed by atoms with Crippen LogP contribution in [-0.2, 0) is 36.7 Å². The van der Waals surface area contributed by atoms with Crippen LogP contribution in [0.25, 0.3) is 0 Å². The van der Waals surface area contributed by atoms with Crippen LogP contribution in [0.1, 0.15) is 17.5 Å². The lowest BCUT2D eigenvalue weighted by molar-refractivity contribution is -0.184. The lowest BCUT2D eigenvalue weighted by Crippen LogP contribution is -2.37. The minimum absolute atomic E-state index is 0.106. The molecule has 2 aromatic carbocycles. The number of aryl methyl sites for hydroxylation is 2. The highest BCUT2D eigenvalue weighted by Crippen LogP contribution is 2.33. The van der Waals surface area contributed by atoms with Crippen molar-refractivity contribution in [1.82, 2.24) is 9.55 Å². The van der Waals surface area contributed by atoms with Crippen LogP contribution in [0.5, 0.6) is 0 Å². The summed E-state index contributed by atoms with van der Waals surface area (Å²) in [5, 5.41) is 1.14. The predicted molar refractivity (Wildman–Crippen MR) is 125 cm³/mol. The van der Waals surface area contributed by atoms with Crippen molar-refractivity contribution in [2.45, 2.75) is 43.1 Å². The molecule has 1 aliphatic heterocycles. The molecule has 1 saturated heterocycles. The van der Waals surface area contributed by atoms with Crippen molar-refractivity contribution in [2.75, 3.05) is 13.2 Å². The van der Waals surface area contributed by atoms with Crippen LogP contribution in [0.4, 0.5) is 0 Å². The van der Waals surface area contributed by atoms with Crippen molar-refractivity contribution in [3.05, 3.63) is 82.4 Å². The van der Waals surface area contributed by atoms with E-state index in [0.29, 0.717) is 29.4 Å². The van der Waals surface area contributed by atoms with Crippen molar-refractivity contribution >= 4 is 33.3 Å². The molecule has 4 rings (SSSR count). The standard InChI is InChI=1S/C23H24Cl2N2O5S/c1-17-2-6-21(7-3-17)33(28,29)31-14-20-13-30-23(32-20,15-27-11-10-26-16-27)9-8-18-4-5-19(24)12-22(18)25/h2-7,10-12,16,20H,8-9,13-15H2,1H3/t20-,23+/m1/s1. The van der Waals surface area contributed by atoms with E-state index in [9.17, 15) is 8.42 Å². The monoisotopic (exact) mass is 510 g/mol. The zero-order chi connectivity index (χ0) is 23.5. The van der Waals surface area contributed by atoms with E-state index in [1.807, 2.05) is 23.8 Å². The van der Waals surface area contributed by atoms with E-state index in [-0.39, 0.29) is 18.1 Å². The molecule has 7 nitrogen and oxygen atoms in total. The average Bonchev–Trinajstić information content (AvgIpc) is 3.43. The highest BCUT2D eigenvalue weighted by Gasteiger charge is 2.42. The minimum Gasteiger partial charge on any atom is -0.345 e. The van der Waals surface area contributed by atoms with Gasteiger partial charge in [-0.2, -0.15) is 8.42 Å². The van der Waals surface area contributed by atoms with E-state index in [1.165, 1.54) is 12.1 Å². The van der Waals surface area contributed by atoms with Gasteiger partial charge in [0.05, 0.1) is 31.0 Å². The first-order valence-corrected chi connectivity index (χ1v) is 12.6. The fraction of sp³-hybridized carbons (Fsp3) is 0.348. The van der Waals surface area contributed by atoms with Crippen molar-refractivity contribution < 1.29 is 22.1 Å². The quantitative estimate of drug-likeness (QED) is 0.390. The number of benzene rings is 2. The SMILES string of the molecule is Cc1ccc(S(=O)(=O)OC[C@H]2CO[C@](CCc3ccc(Cl)cc3Cl)(Cn3ccnc3)O2)cc1. The van der Waals surface area contributed by atoms with Crippen molar-refractivity contribution in [2.24, 2.45) is 0 Å². The Morgan fingerprint density at radius 1 is 1.21 bits per heavy atom. The van der Waals surface area contributed by atoms with Gasteiger partial charge in [0.25, 0.3) is 10.1 Å². The van der Waals surface area contributed by atoms with E-state index in [0.717, 1.165) is 11.1 Å². The second-order valence-electron chi connectivity index (χ2n) is 7.98. The van der Waals surface area contributed by atoms with Gasteiger partial charge in [-0.05, 0) is 43.2 Å². The van der Waals surface area contributed by atoms with Gasteiger partial charge in [0.2, 0.25) is 0 Å². The molecule has 2 heterocycles. The van der Waals surface area contributed by atoms with Crippen molar-refractivity contribution in [3.8, 4) is 0 Å². The number of nitrogens with zero attached hydrogens (tertiary/aromatic N) is 2. The second kappa shape index (κ2) is 10.1. The molecule has 0 spiro atoms. The Labute approximate surface area is 203 Å². The van der Waals surface area contributed by atoms with E-state index in [2.05, 4.69) is 4.98 Å². The van der Waals surface area contributed by atoms with Gasteiger partial charge in [-0.1, -0.05) is 47.0 Å². The van der Waals surface area contributed by atoms with Crippen LogP contribution >= 0.6 is 23.2 Å².